The molecule has 4 heterocycles. The molecule has 2 N–H and O–H groups in total. The molecule has 0 radical (unpaired) electrons. The lowest BCUT2D eigenvalue weighted by Crippen LogP contribution is -2.46. The number of carbonyl (C=O) groups is 1. The van der Waals surface area contributed by atoms with E-state index >= 15 is 0 Å². The van der Waals surface area contributed by atoms with Crippen LogP contribution in [0.4, 0.5) is 0 Å². The maximum Gasteiger partial charge on any atom is 0.263 e. The van der Waals surface area contributed by atoms with Crippen LogP contribution in [0.5, 0.6) is 0 Å². The Morgan fingerprint density at radius 1 is 1.19 bits per heavy atom. The number of rotatable bonds is 4. The first-order valence-corrected chi connectivity index (χ1v) is 11.2. The van der Waals surface area contributed by atoms with Crippen LogP contribution in [0, 0.1) is 12.8 Å². The Morgan fingerprint density at radius 2 is 2.00 bits per heavy atom. The van der Waals surface area contributed by atoms with Gasteiger partial charge in [0, 0.05) is 49.1 Å². The molecule has 3 aliphatic rings. The van der Waals surface area contributed by atoms with Gasteiger partial charge in [-0.25, -0.2) is 9.97 Å². The molecule has 2 aliphatic heterocycles. The summed E-state index contributed by atoms with van der Waals surface area (Å²) < 4.78 is 1.82. The van der Waals surface area contributed by atoms with Gasteiger partial charge in [0.25, 0.3) is 11.5 Å². The number of hydrogen-bond donors (Lipinski definition) is 2. The van der Waals surface area contributed by atoms with E-state index in [1.165, 1.54) is 24.1 Å². The molecule has 0 unspecified atom stereocenters. The number of aromatic nitrogens is 3. The van der Waals surface area contributed by atoms with Crippen molar-refractivity contribution >= 4 is 30.7 Å². The number of halogens is 2. The molecule has 174 valence electrons. The summed E-state index contributed by atoms with van der Waals surface area (Å²) in [5.41, 5.74) is 4.66. The molecule has 1 amide bonds. The van der Waals surface area contributed by atoms with E-state index < -0.39 is 0 Å². The van der Waals surface area contributed by atoms with Crippen molar-refractivity contribution in [2.45, 2.75) is 57.9 Å². The van der Waals surface area contributed by atoms with Crippen LogP contribution in [0.25, 0.3) is 0 Å². The SMILES string of the molecule is Cc1nc(CCNC(=O)c2ccc3n(c2=O)C[C@@H]2CNC[C@H]3C2)nc2c1CCCC2.Cl.Cl. The van der Waals surface area contributed by atoms with Crippen molar-refractivity contribution in [2.75, 3.05) is 19.6 Å². The zero-order chi connectivity index (χ0) is 20.7. The highest BCUT2D eigenvalue weighted by Gasteiger charge is 2.31. The summed E-state index contributed by atoms with van der Waals surface area (Å²) >= 11 is 0. The van der Waals surface area contributed by atoms with Crippen molar-refractivity contribution in [2.24, 2.45) is 5.92 Å². The molecule has 2 aromatic rings. The first-order valence-electron chi connectivity index (χ1n) is 11.2. The van der Waals surface area contributed by atoms with E-state index in [9.17, 15) is 9.59 Å². The predicted molar refractivity (Wildman–Crippen MR) is 128 cm³/mol. The van der Waals surface area contributed by atoms with Crippen LogP contribution in [0.3, 0.4) is 0 Å². The van der Waals surface area contributed by atoms with Gasteiger partial charge in [0.15, 0.2) is 0 Å². The Labute approximate surface area is 200 Å². The van der Waals surface area contributed by atoms with Gasteiger partial charge in [0.1, 0.15) is 11.4 Å². The van der Waals surface area contributed by atoms with E-state index in [0.29, 0.717) is 31.3 Å². The Balaban J connectivity index is 0.00000144. The summed E-state index contributed by atoms with van der Waals surface area (Å²) in [6.07, 6.45) is 6.17. The van der Waals surface area contributed by atoms with Gasteiger partial charge in [-0.15, -0.1) is 24.8 Å². The third-order valence-corrected chi connectivity index (χ3v) is 6.82. The van der Waals surface area contributed by atoms with Gasteiger partial charge in [-0.2, -0.15) is 0 Å². The molecule has 1 fully saturated rings. The van der Waals surface area contributed by atoms with Crippen LogP contribution in [-0.2, 0) is 25.8 Å². The zero-order valence-electron chi connectivity index (χ0n) is 18.4. The summed E-state index contributed by atoms with van der Waals surface area (Å²) in [4.78, 5) is 35.0. The number of nitrogens with zero attached hydrogens (tertiary/aromatic N) is 3. The molecule has 32 heavy (non-hydrogen) atoms. The number of nitrogens with one attached hydrogen (secondary N) is 2. The van der Waals surface area contributed by atoms with Gasteiger partial charge in [-0.3, -0.25) is 9.59 Å². The molecule has 2 bridgehead atoms. The monoisotopic (exact) mass is 479 g/mol. The number of carbonyl (C=O) groups excluding carboxylic acids is 1. The van der Waals surface area contributed by atoms with Gasteiger partial charge in [-0.1, -0.05) is 0 Å². The van der Waals surface area contributed by atoms with Crippen molar-refractivity contribution in [3.63, 3.8) is 0 Å². The van der Waals surface area contributed by atoms with Gasteiger partial charge < -0.3 is 15.2 Å². The summed E-state index contributed by atoms with van der Waals surface area (Å²) in [5.74, 6) is 1.30. The highest BCUT2D eigenvalue weighted by Crippen LogP contribution is 2.31. The minimum atomic E-state index is -0.307. The molecule has 0 aromatic carbocycles. The third-order valence-electron chi connectivity index (χ3n) is 6.82. The number of hydrogen-bond acceptors (Lipinski definition) is 5. The minimum Gasteiger partial charge on any atom is -0.351 e. The fourth-order valence-electron chi connectivity index (χ4n) is 5.30. The first kappa shape index (κ1) is 24.7. The zero-order valence-corrected chi connectivity index (χ0v) is 20.0. The van der Waals surface area contributed by atoms with Gasteiger partial charge >= 0.3 is 0 Å². The van der Waals surface area contributed by atoms with Crippen molar-refractivity contribution in [1.82, 2.24) is 25.2 Å². The normalized spacial score (nSPS) is 20.8. The smallest absolute Gasteiger partial charge is 0.263 e. The molecule has 7 nitrogen and oxygen atoms in total. The summed E-state index contributed by atoms with van der Waals surface area (Å²) in [7, 11) is 0. The molecule has 5 rings (SSSR count). The number of piperidine rings is 1. The van der Waals surface area contributed by atoms with Crippen molar-refractivity contribution in [1.29, 1.82) is 0 Å². The minimum absolute atomic E-state index is 0. The van der Waals surface area contributed by atoms with E-state index in [2.05, 4.69) is 15.6 Å². The fraction of sp³-hybridized carbons (Fsp3) is 0.565. The van der Waals surface area contributed by atoms with Crippen LogP contribution in [0.1, 0.15) is 64.0 Å². The molecule has 0 spiro atoms. The molecule has 9 heteroatoms. The van der Waals surface area contributed by atoms with E-state index in [1.54, 1.807) is 6.07 Å². The van der Waals surface area contributed by atoms with Crippen LogP contribution in [0.2, 0.25) is 0 Å². The van der Waals surface area contributed by atoms with Crippen LogP contribution < -0.4 is 16.2 Å². The second-order valence-corrected chi connectivity index (χ2v) is 8.91. The second-order valence-electron chi connectivity index (χ2n) is 8.91. The first-order chi connectivity index (χ1) is 14.6. The van der Waals surface area contributed by atoms with Crippen molar-refractivity contribution < 1.29 is 4.79 Å². The molecular formula is C23H31Cl2N5O2. The van der Waals surface area contributed by atoms with Crippen molar-refractivity contribution in [3.05, 3.63) is 56.5 Å². The van der Waals surface area contributed by atoms with E-state index in [4.69, 9.17) is 4.98 Å². The quantitative estimate of drug-likeness (QED) is 0.702. The molecule has 1 aliphatic carbocycles. The predicted octanol–water partition coefficient (Wildman–Crippen LogP) is 2.35. The molecule has 2 atom stereocenters. The highest BCUT2D eigenvalue weighted by molar-refractivity contribution is 5.93. The topological polar surface area (TPSA) is 88.9 Å². The Bertz CT molecular complexity index is 1060. The third kappa shape index (κ3) is 4.70. The largest absolute Gasteiger partial charge is 0.351 e. The number of amides is 1. The van der Waals surface area contributed by atoms with Gasteiger partial charge in [-0.05, 0) is 69.2 Å². The van der Waals surface area contributed by atoms with Crippen LogP contribution in [-0.4, -0.2) is 40.1 Å². The summed E-state index contributed by atoms with van der Waals surface area (Å²) in [6.45, 7) is 5.02. The fourth-order valence-corrected chi connectivity index (χ4v) is 5.30. The van der Waals surface area contributed by atoms with E-state index in [-0.39, 0.29) is 41.8 Å². The van der Waals surface area contributed by atoms with E-state index in [1.807, 2.05) is 17.6 Å². The maximum atomic E-state index is 13.0. The van der Waals surface area contributed by atoms with Crippen LogP contribution in [0.15, 0.2) is 16.9 Å². The van der Waals surface area contributed by atoms with Crippen molar-refractivity contribution in [3.8, 4) is 0 Å². The number of aryl methyl sites for hydroxylation is 2. The Hall–Kier alpha value is -1.96. The second kappa shape index (κ2) is 10.3. The standard InChI is InChI=1S/C23H29N5O2.2ClH/c1-14-17-4-2-3-5-19(17)27-21(26-14)8-9-25-22(29)18-6-7-20-16-10-15(11-24-12-16)13-28(20)23(18)30;;/h6-7,15-16,24H,2-5,8-13H2,1H3,(H,25,29);2*1H/t15-,16+;;/m0../s1. The average molecular weight is 480 g/mol. The molecule has 1 saturated heterocycles. The number of fused-ring (bicyclic) bond motifs is 5. The summed E-state index contributed by atoms with van der Waals surface area (Å²) in [6, 6.07) is 3.65. The highest BCUT2D eigenvalue weighted by atomic mass is 35.5. The average Bonchev–Trinajstić information content (AvgIpc) is 2.75. The Morgan fingerprint density at radius 3 is 2.84 bits per heavy atom. The lowest BCUT2D eigenvalue weighted by Gasteiger charge is -2.37. The lowest BCUT2D eigenvalue weighted by molar-refractivity contribution is 0.0951. The number of pyridine rings is 1. The maximum absolute atomic E-state index is 13.0. The summed E-state index contributed by atoms with van der Waals surface area (Å²) in [5, 5.41) is 6.34. The Kier molecular flexibility index (Phi) is 7.96. The molecule has 2 aromatic heterocycles. The van der Waals surface area contributed by atoms with E-state index in [0.717, 1.165) is 49.6 Å². The van der Waals surface area contributed by atoms with Crippen LogP contribution >= 0.6 is 24.8 Å². The lowest BCUT2D eigenvalue weighted by atomic mass is 9.84. The molecule has 0 saturated carbocycles. The van der Waals surface area contributed by atoms with Gasteiger partial charge in [0.2, 0.25) is 0 Å². The molecular weight excluding hydrogens is 449 g/mol. The van der Waals surface area contributed by atoms with Gasteiger partial charge in [0.05, 0.1) is 0 Å².